The molecule has 0 radical (unpaired) electrons. The first-order valence-corrected chi connectivity index (χ1v) is 7.61. The lowest BCUT2D eigenvalue weighted by Crippen LogP contribution is -2.18. The fourth-order valence-corrected chi connectivity index (χ4v) is 3.44. The van der Waals surface area contributed by atoms with Crippen LogP contribution in [0.4, 0.5) is 23.2 Å². The number of amides is 1. The van der Waals surface area contributed by atoms with Crippen LogP contribution in [-0.4, -0.2) is 21.4 Å². The van der Waals surface area contributed by atoms with E-state index in [4.69, 9.17) is 11.6 Å². The second-order valence-corrected chi connectivity index (χ2v) is 6.19. The van der Waals surface area contributed by atoms with Crippen molar-refractivity contribution >= 4 is 35.0 Å². The van der Waals surface area contributed by atoms with E-state index in [1.54, 1.807) is 0 Å². The summed E-state index contributed by atoms with van der Waals surface area (Å²) < 4.78 is 53.7. The van der Waals surface area contributed by atoms with Crippen molar-refractivity contribution < 1.29 is 22.4 Å². The van der Waals surface area contributed by atoms with Gasteiger partial charge in [0.25, 0.3) is 0 Å². The van der Waals surface area contributed by atoms with Gasteiger partial charge in [-0.25, -0.2) is 4.39 Å². The molecule has 0 bridgehead atoms. The van der Waals surface area contributed by atoms with E-state index in [2.05, 4.69) is 10.4 Å². The van der Waals surface area contributed by atoms with Crippen LogP contribution in [0.15, 0.2) is 17.0 Å². The van der Waals surface area contributed by atoms with Gasteiger partial charge < -0.3 is 5.32 Å². The van der Waals surface area contributed by atoms with Gasteiger partial charge in [0, 0.05) is 17.5 Å². The lowest BCUT2D eigenvalue weighted by atomic mass is 10.1. The largest absolute Gasteiger partial charge is 0.434 e. The molecule has 0 saturated carbocycles. The number of carbonyl (C=O) groups excluding carboxylic acids is 1. The van der Waals surface area contributed by atoms with Crippen molar-refractivity contribution in [1.82, 2.24) is 9.78 Å². The van der Waals surface area contributed by atoms with Gasteiger partial charge in [-0.05, 0) is 12.1 Å². The zero-order chi connectivity index (χ0) is 16.9. The van der Waals surface area contributed by atoms with Gasteiger partial charge in [-0.1, -0.05) is 11.6 Å². The lowest BCUT2D eigenvalue weighted by molar-refractivity contribution is -0.143. The Morgan fingerprint density at radius 2 is 2.09 bits per heavy atom. The highest BCUT2D eigenvalue weighted by Crippen LogP contribution is 2.42. The highest BCUT2D eigenvalue weighted by molar-refractivity contribution is 8.00. The normalized spacial score (nSPS) is 14.6. The van der Waals surface area contributed by atoms with Crippen LogP contribution < -0.4 is 5.32 Å². The van der Waals surface area contributed by atoms with Gasteiger partial charge in [-0.3, -0.25) is 9.48 Å². The second kappa shape index (κ2) is 5.41. The van der Waals surface area contributed by atoms with Gasteiger partial charge in [0.05, 0.1) is 16.5 Å². The summed E-state index contributed by atoms with van der Waals surface area (Å²) in [7, 11) is 1.08. The summed E-state index contributed by atoms with van der Waals surface area (Å²) in [6, 6.07) is 2.39. The van der Waals surface area contributed by atoms with Gasteiger partial charge in [-0.15, -0.1) is 11.8 Å². The van der Waals surface area contributed by atoms with Gasteiger partial charge >= 0.3 is 6.18 Å². The van der Waals surface area contributed by atoms with Crippen LogP contribution in [-0.2, 0) is 18.0 Å². The molecule has 10 heteroatoms. The summed E-state index contributed by atoms with van der Waals surface area (Å²) >= 11 is 6.91. The van der Waals surface area contributed by atoms with Gasteiger partial charge in [0.15, 0.2) is 5.69 Å². The average molecular weight is 366 g/mol. The number of thioether (sulfide) groups is 1. The van der Waals surface area contributed by atoms with Crippen molar-refractivity contribution in [2.45, 2.75) is 11.1 Å². The zero-order valence-corrected chi connectivity index (χ0v) is 13.0. The molecule has 0 fully saturated rings. The van der Waals surface area contributed by atoms with E-state index in [0.717, 1.165) is 24.9 Å². The van der Waals surface area contributed by atoms with Crippen molar-refractivity contribution in [3.05, 3.63) is 28.7 Å². The van der Waals surface area contributed by atoms with E-state index in [-0.39, 0.29) is 22.9 Å². The molecule has 23 heavy (non-hydrogen) atoms. The predicted molar refractivity (Wildman–Crippen MR) is 78.0 cm³/mol. The van der Waals surface area contributed by atoms with E-state index in [1.807, 2.05) is 0 Å². The zero-order valence-electron chi connectivity index (χ0n) is 11.5. The van der Waals surface area contributed by atoms with Gasteiger partial charge in [0.2, 0.25) is 5.91 Å². The van der Waals surface area contributed by atoms with E-state index >= 15 is 0 Å². The number of fused-ring (bicyclic) bond motifs is 1. The summed E-state index contributed by atoms with van der Waals surface area (Å²) in [5.74, 6) is -0.891. The Hall–Kier alpha value is -1.74. The summed E-state index contributed by atoms with van der Waals surface area (Å²) in [6.07, 6.45) is -4.72. The first kappa shape index (κ1) is 16.1. The number of aryl methyl sites for hydroxylation is 1. The number of hydrogen-bond acceptors (Lipinski definition) is 3. The number of hydrogen-bond donors (Lipinski definition) is 1. The van der Waals surface area contributed by atoms with E-state index in [1.165, 1.54) is 6.07 Å². The van der Waals surface area contributed by atoms with E-state index in [9.17, 15) is 22.4 Å². The van der Waals surface area contributed by atoms with Crippen molar-refractivity contribution in [3.8, 4) is 11.3 Å². The molecule has 1 aromatic heterocycles. The maximum atomic E-state index is 14.3. The van der Waals surface area contributed by atoms with Crippen LogP contribution in [0.5, 0.6) is 0 Å². The van der Waals surface area contributed by atoms with Crippen LogP contribution in [0.2, 0.25) is 5.02 Å². The lowest BCUT2D eigenvalue weighted by Gasteiger charge is -2.17. The average Bonchev–Trinajstić information content (AvgIpc) is 2.73. The molecule has 0 saturated heterocycles. The number of carbonyl (C=O) groups is 1. The molecule has 1 amide bonds. The topological polar surface area (TPSA) is 46.9 Å². The quantitative estimate of drug-likeness (QED) is 0.779. The summed E-state index contributed by atoms with van der Waals surface area (Å²) in [6.45, 7) is 0. The summed E-state index contributed by atoms with van der Waals surface area (Å²) in [4.78, 5) is 11.9. The third-order valence-electron chi connectivity index (χ3n) is 3.22. The summed E-state index contributed by atoms with van der Waals surface area (Å²) in [5, 5.41) is 5.54. The molecular formula is C13H8ClF4N3OS. The van der Waals surface area contributed by atoms with Crippen LogP contribution in [0.1, 0.15) is 5.69 Å². The number of benzene rings is 1. The Balaban J connectivity index is 2.17. The van der Waals surface area contributed by atoms with Gasteiger partial charge in [0.1, 0.15) is 11.5 Å². The third kappa shape index (κ3) is 2.78. The number of rotatable bonds is 1. The van der Waals surface area contributed by atoms with E-state index < -0.39 is 22.7 Å². The number of nitrogens with zero attached hydrogens (tertiary/aromatic N) is 2. The SMILES string of the molecule is Cn1nc(-c2cc3c(cc2F)SCC(=O)N3)c(Cl)c1C(F)(F)F. The van der Waals surface area contributed by atoms with Crippen LogP contribution in [0, 0.1) is 5.82 Å². The van der Waals surface area contributed by atoms with Crippen LogP contribution in [0.25, 0.3) is 11.3 Å². The minimum absolute atomic E-state index is 0.147. The van der Waals surface area contributed by atoms with Crippen molar-refractivity contribution in [2.75, 3.05) is 11.1 Å². The van der Waals surface area contributed by atoms with Crippen molar-refractivity contribution in [2.24, 2.45) is 7.05 Å². The fraction of sp³-hybridized carbons (Fsp3) is 0.231. The molecule has 3 rings (SSSR count). The Kier molecular flexibility index (Phi) is 3.80. The second-order valence-electron chi connectivity index (χ2n) is 4.80. The Morgan fingerprint density at radius 3 is 2.70 bits per heavy atom. The molecule has 1 N–H and O–H groups in total. The Labute approximate surface area is 136 Å². The molecule has 1 aromatic carbocycles. The van der Waals surface area contributed by atoms with Crippen molar-refractivity contribution in [1.29, 1.82) is 0 Å². The molecule has 122 valence electrons. The number of anilines is 1. The molecule has 1 aliphatic rings. The molecule has 0 unspecified atom stereocenters. The highest BCUT2D eigenvalue weighted by Gasteiger charge is 2.39. The fourth-order valence-electron chi connectivity index (χ4n) is 2.26. The van der Waals surface area contributed by atoms with Gasteiger partial charge in [-0.2, -0.15) is 18.3 Å². The van der Waals surface area contributed by atoms with Crippen molar-refractivity contribution in [3.63, 3.8) is 0 Å². The number of nitrogens with one attached hydrogen (secondary N) is 1. The van der Waals surface area contributed by atoms with Crippen LogP contribution in [0.3, 0.4) is 0 Å². The van der Waals surface area contributed by atoms with E-state index in [0.29, 0.717) is 15.3 Å². The molecule has 0 atom stereocenters. The maximum absolute atomic E-state index is 14.3. The first-order valence-electron chi connectivity index (χ1n) is 6.24. The first-order chi connectivity index (χ1) is 10.7. The van der Waals surface area contributed by atoms with Crippen LogP contribution >= 0.6 is 23.4 Å². The minimum atomic E-state index is -4.72. The molecule has 0 spiro atoms. The Bertz CT molecular complexity index is 819. The maximum Gasteiger partial charge on any atom is 0.434 e. The number of halogens is 5. The molecule has 2 heterocycles. The molecule has 0 aliphatic carbocycles. The monoisotopic (exact) mass is 365 g/mol. The predicted octanol–water partition coefficient (Wildman–Crippen LogP) is 3.94. The Morgan fingerprint density at radius 1 is 1.39 bits per heavy atom. The molecule has 1 aliphatic heterocycles. The highest BCUT2D eigenvalue weighted by atomic mass is 35.5. The number of alkyl halides is 3. The molecule has 2 aromatic rings. The number of aromatic nitrogens is 2. The molecule has 4 nitrogen and oxygen atoms in total. The third-order valence-corrected chi connectivity index (χ3v) is 4.63. The minimum Gasteiger partial charge on any atom is -0.324 e. The smallest absolute Gasteiger partial charge is 0.324 e. The summed E-state index contributed by atoms with van der Waals surface area (Å²) in [5.41, 5.74) is -1.38. The standard InChI is InChI=1S/C13H8ClF4N3OS/c1-21-12(13(16,17)18)10(14)11(20-21)5-2-7-8(3-6(5)15)23-4-9(22)19-7/h2-3H,4H2,1H3,(H,19,22). The molecular weight excluding hydrogens is 358 g/mol.